The monoisotopic (exact) mass is 282 g/mol. The highest BCUT2D eigenvalue weighted by atomic mass is 16.5. The largest absolute Gasteiger partial charge is 0.393 e. The van der Waals surface area contributed by atoms with Crippen molar-refractivity contribution in [3.8, 4) is 0 Å². The molecule has 0 amide bonds. The van der Waals surface area contributed by atoms with Crippen LogP contribution in [0.15, 0.2) is 0 Å². The van der Waals surface area contributed by atoms with Gasteiger partial charge in [-0.1, -0.05) is 6.92 Å². The first-order valence-corrected chi connectivity index (χ1v) is 8.45. The Hall–Kier alpha value is -0.160. The predicted octanol–water partition coefficient (Wildman–Crippen LogP) is 1.38. The minimum absolute atomic E-state index is 0.0592. The Balaban J connectivity index is 1.67. The van der Waals surface area contributed by atoms with Crippen LogP contribution in [0.2, 0.25) is 0 Å². The standard InChI is InChI=1S/C16H30N2O2/c1-2-17-10-16(6-3-7-20-12-16)11-18-13-4-5-14(18)9-15(19)8-13/h13-15,17,19H,2-12H2,1H3. The van der Waals surface area contributed by atoms with E-state index in [1.807, 2.05) is 0 Å². The molecule has 0 aromatic rings. The van der Waals surface area contributed by atoms with Gasteiger partial charge >= 0.3 is 0 Å². The summed E-state index contributed by atoms with van der Waals surface area (Å²) in [5, 5.41) is 13.5. The highest BCUT2D eigenvalue weighted by Gasteiger charge is 2.44. The van der Waals surface area contributed by atoms with Crippen molar-refractivity contribution in [3.63, 3.8) is 0 Å². The number of nitrogens with one attached hydrogen (secondary N) is 1. The summed E-state index contributed by atoms with van der Waals surface area (Å²) < 4.78 is 5.82. The maximum absolute atomic E-state index is 9.96. The van der Waals surface area contributed by atoms with E-state index >= 15 is 0 Å². The lowest BCUT2D eigenvalue weighted by Gasteiger charge is -2.45. The zero-order chi connectivity index (χ0) is 14.0. The molecule has 0 aliphatic carbocycles. The third-order valence-electron chi connectivity index (χ3n) is 5.53. The van der Waals surface area contributed by atoms with Crippen LogP contribution < -0.4 is 5.32 Å². The Morgan fingerprint density at radius 1 is 1.30 bits per heavy atom. The molecule has 3 saturated heterocycles. The topological polar surface area (TPSA) is 44.7 Å². The van der Waals surface area contributed by atoms with Crippen molar-refractivity contribution in [2.75, 3.05) is 32.8 Å². The molecule has 3 rings (SSSR count). The first-order valence-electron chi connectivity index (χ1n) is 8.45. The smallest absolute Gasteiger partial charge is 0.0570 e. The average molecular weight is 282 g/mol. The molecule has 3 aliphatic rings. The molecular formula is C16H30N2O2. The van der Waals surface area contributed by atoms with Crippen molar-refractivity contribution in [2.45, 2.75) is 63.6 Å². The van der Waals surface area contributed by atoms with E-state index in [2.05, 4.69) is 17.1 Å². The molecule has 0 spiro atoms. The summed E-state index contributed by atoms with van der Waals surface area (Å²) in [5.41, 5.74) is 0.289. The molecule has 4 heteroatoms. The highest BCUT2D eigenvalue weighted by Crippen LogP contribution is 2.39. The maximum Gasteiger partial charge on any atom is 0.0570 e. The van der Waals surface area contributed by atoms with E-state index in [4.69, 9.17) is 4.74 Å². The highest BCUT2D eigenvalue weighted by molar-refractivity contribution is 4.99. The summed E-state index contributed by atoms with van der Waals surface area (Å²) in [6.45, 7) is 7.27. The number of nitrogens with zero attached hydrogens (tertiary/aromatic N) is 1. The Bertz CT molecular complexity index is 304. The molecule has 2 N–H and O–H groups in total. The minimum Gasteiger partial charge on any atom is -0.393 e. The lowest BCUT2D eigenvalue weighted by molar-refractivity contribution is -0.0511. The predicted molar refractivity (Wildman–Crippen MR) is 79.8 cm³/mol. The van der Waals surface area contributed by atoms with Gasteiger partial charge in [-0.15, -0.1) is 0 Å². The van der Waals surface area contributed by atoms with Crippen molar-refractivity contribution >= 4 is 0 Å². The lowest BCUT2D eigenvalue weighted by atomic mass is 9.80. The maximum atomic E-state index is 9.96. The van der Waals surface area contributed by atoms with Gasteiger partial charge < -0.3 is 15.2 Å². The molecule has 0 aromatic carbocycles. The molecule has 20 heavy (non-hydrogen) atoms. The van der Waals surface area contributed by atoms with E-state index in [1.165, 1.54) is 25.7 Å². The zero-order valence-corrected chi connectivity index (χ0v) is 12.8. The quantitative estimate of drug-likeness (QED) is 0.800. The van der Waals surface area contributed by atoms with Crippen LogP contribution in [-0.4, -0.2) is 61.0 Å². The molecule has 0 radical (unpaired) electrons. The van der Waals surface area contributed by atoms with Crippen LogP contribution in [0, 0.1) is 5.41 Å². The first-order chi connectivity index (χ1) is 9.72. The number of piperidine rings is 1. The first kappa shape index (κ1) is 14.8. The van der Waals surface area contributed by atoms with Crippen molar-refractivity contribution in [1.29, 1.82) is 0 Å². The van der Waals surface area contributed by atoms with Gasteiger partial charge in [-0.05, 0) is 45.1 Å². The molecule has 0 aromatic heterocycles. The molecule has 3 aliphatic heterocycles. The second-order valence-corrected chi connectivity index (χ2v) is 7.12. The van der Waals surface area contributed by atoms with E-state index in [0.717, 1.165) is 45.7 Å². The summed E-state index contributed by atoms with van der Waals surface area (Å²) in [7, 11) is 0. The second-order valence-electron chi connectivity index (χ2n) is 7.12. The fourth-order valence-corrected chi connectivity index (χ4v) is 4.51. The molecule has 4 nitrogen and oxygen atoms in total. The van der Waals surface area contributed by atoms with Crippen molar-refractivity contribution < 1.29 is 9.84 Å². The summed E-state index contributed by atoms with van der Waals surface area (Å²) in [6, 6.07) is 1.23. The normalized spacial score (nSPS) is 42.0. The molecule has 0 saturated carbocycles. The molecule has 3 unspecified atom stereocenters. The molecular weight excluding hydrogens is 252 g/mol. The van der Waals surface area contributed by atoms with Gasteiger partial charge in [0.2, 0.25) is 0 Å². The van der Waals surface area contributed by atoms with Crippen LogP contribution in [0.25, 0.3) is 0 Å². The van der Waals surface area contributed by atoms with Gasteiger partial charge in [0, 0.05) is 37.2 Å². The third-order valence-corrected chi connectivity index (χ3v) is 5.53. The average Bonchev–Trinajstić information content (AvgIpc) is 2.69. The zero-order valence-electron chi connectivity index (χ0n) is 12.8. The van der Waals surface area contributed by atoms with E-state index < -0.39 is 0 Å². The second kappa shape index (κ2) is 6.30. The van der Waals surface area contributed by atoms with Crippen LogP contribution in [0.4, 0.5) is 0 Å². The van der Waals surface area contributed by atoms with E-state index in [0.29, 0.717) is 12.1 Å². The summed E-state index contributed by atoms with van der Waals surface area (Å²) in [5.74, 6) is 0. The molecule has 2 bridgehead atoms. The Labute approximate surface area is 122 Å². The fraction of sp³-hybridized carbons (Fsp3) is 1.00. The number of ether oxygens (including phenoxy) is 1. The van der Waals surface area contributed by atoms with Crippen molar-refractivity contribution in [2.24, 2.45) is 5.41 Å². The molecule has 3 atom stereocenters. The number of rotatable bonds is 5. The van der Waals surface area contributed by atoms with Crippen LogP contribution in [0.1, 0.15) is 45.4 Å². The summed E-state index contributed by atoms with van der Waals surface area (Å²) >= 11 is 0. The van der Waals surface area contributed by atoms with E-state index in [9.17, 15) is 5.11 Å². The van der Waals surface area contributed by atoms with Crippen molar-refractivity contribution in [3.05, 3.63) is 0 Å². The summed E-state index contributed by atoms with van der Waals surface area (Å²) in [6.07, 6.45) is 6.93. The number of hydrogen-bond donors (Lipinski definition) is 2. The number of aliphatic hydroxyl groups excluding tert-OH is 1. The van der Waals surface area contributed by atoms with Gasteiger partial charge in [0.1, 0.15) is 0 Å². The number of hydrogen-bond acceptors (Lipinski definition) is 4. The Morgan fingerprint density at radius 2 is 2.05 bits per heavy atom. The van der Waals surface area contributed by atoms with E-state index in [1.54, 1.807) is 0 Å². The van der Waals surface area contributed by atoms with Gasteiger partial charge in [-0.2, -0.15) is 0 Å². The van der Waals surface area contributed by atoms with Crippen LogP contribution >= 0.6 is 0 Å². The Kier molecular flexibility index (Phi) is 4.65. The van der Waals surface area contributed by atoms with Crippen molar-refractivity contribution in [1.82, 2.24) is 10.2 Å². The van der Waals surface area contributed by atoms with Gasteiger partial charge in [-0.3, -0.25) is 4.90 Å². The van der Waals surface area contributed by atoms with E-state index in [-0.39, 0.29) is 11.5 Å². The van der Waals surface area contributed by atoms with Crippen LogP contribution in [0.5, 0.6) is 0 Å². The van der Waals surface area contributed by atoms with Crippen LogP contribution in [-0.2, 0) is 4.74 Å². The molecule has 3 heterocycles. The number of aliphatic hydroxyl groups is 1. The van der Waals surface area contributed by atoms with Gasteiger partial charge in [-0.25, -0.2) is 0 Å². The van der Waals surface area contributed by atoms with Gasteiger partial charge in [0.15, 0.2) is 0 Å². The number of fused-ring (bicyclic) bond motifs is 2. The summed E-state index contributed by atoms with van der Waals surface area (Å²) in [4.78, 5) is 2.71. The lowest BCUT2D eigenvalue weighted by Crippen LogP contribution is -2.54. The van der Waals surface area contributed by atoms with Crippen LogP contribution in [0.3, 0.4) is 0 Å². The van der Waals surface area contributed by atoms with Gasteiger partial charge in [0.05, 0.1) is 12.7 Å². The minimum atomic E-state index is -0.0592. The molecule has 3 fully saturated rings. The Morgan fingerprint density at radius 3 is 2.65 bits per heavy atom. The fourth-order valence-electron chi connectivity index (χ4n) is 4.51. The van der Waals surface area contributed by atoms with Gasteiger partial charge in [0.25, 0.3) is 0 Å². The molecule has 116 valence electrons. The SMILES string of the molecule is CCNCC1(CN2C3CCC2CC(O)C3)CCCOC1. The third kappa shape index (κ3) is 3.03.